The van der Waals surface area contributed by atoms with E-state index in [2.05, 4.69) is 30.4 Å². The zero-order valence-corrected chi connectivity index (χ0v) is 13.7. The molecule has 0 aliphatic carbocycles. The monoisotopic (exact) mass is 354 g/mol. The molecule has 0 bridgehead atoms. The van der Waals surface area contributed by atoms with Gasteiger partial charge in [0.05, 0.1) is 10.6 Å². The number of amides is 1. The number of rotatable bonds is 4. The summed E-state index contributed by atoms with van der Waals surface area (Å²) >= 11 is 6.00. The van der Waals surface area contributed by atoms with Gasteiger partial charge in [-0.3, -0.25) is 15.1 Å². The normalized spacial score (nSPS) is 10.3. The summed E-state index contributed by atoms with van der Waals surface area (Å²) in [5.41, 5.74) is 0.865. The maximum absolute atomic E-state index is 12.4. The number of halogens is 1. The first-order valence-corrected chi connectivity index (χ1v) is 7.53. The van der Waals surface area contributed by atoms with Gasteiger partial charge in [0.15, 0.2) is 5.82 Å². The van der Waals surface area contributed by atoms with E-state index in [1.54, 1.807) is 25.3 Å². The molecule has 2 aromatic heterocycles. The molecule has 0 aliphatic rings. The fourth-order valence-corrected chi connectivity index (χ4v) is 2.32. The Hall–Kier alpha value is -3.26. The van der Waals surface area contributed by atoms with Gasteiger partial charge in [-0.1, -0.05) is 17.7 Å². The number of nitroso groups, excluding NO2 is 1. The Morgan fingerprint density at radius 3 is 2.68 bits per heavy atom. The summed E-state index contributed by atoms with van der Waals surface area (Å²) in [6.07, 6.45) is 1.62. The number of nitrogens with zero attached hydrogens (tertiary/aromatic N) is 5. The van der Waals surface area contributed by atoms with Gasteiger partial charge in [-0.15, -0.1) is 4.91 Å². The van der Waals surface area contributed by atoms with Crippen LogP contribution in [0.5, 0.6) is 0 Å². The van der Waals surface area contributed by atoms with Gasteiger partial charge in [0.2, 0.25) is 5.95 Å². The number of anilines is 1. The van der Waals surface area contributed by atoms with E-state index in [1.165, 1.54) is 18.2 Å². The van der Waals surface area contributed by atoms with Crippen LogP contribution in [-0.2, 0) is 0 Å². The Kier molecular flexibility index (Phi) is 4.71. The second kappa shape index (κ2) is 7.10. The average molecular weight is 355 g/mol. The second-order valence-corrected chi connectivity index (χ2v) is 5.36. The van der Waals surface area contributed by atoms with E-state index in [4.69, 9.17) is 11.6 Å². The van der Waals surface area contributed by atoms with Gasteiger partial charge >= 0.3 is 0 Å². The summed E-state index contributed by atoms with van der Waals surface area (Å²) in [6.45, 7) is 1.68. The first-order chi connectivity index (χ1) is 12.1. The number of aromatic nitrogens is 4. The van der Waals surface area contributed by atoms with Crippen LogP contribution in [-0.4, -0.2) is 25.8 Å². The average Bonchev–Trinajstić information content (AvgIpc) is 2.61. The summed E-state index contributed by atoms with van der Waals surface area (Å²) in [6, 6.07) is 9.44. The van der Waals surface area contributed by atoms with Crippen molar-refractivity contribution in [2.45, 2.75) is 6.92 Å². The van der Waals surface area contributed by atoms with Crippen LogP contribution in [0.15, 0.2) is 47.8 Å². The van der Waals surface area contributed by atoms with Crippen molar-refractivity contribution < 1.29 is 4.79 Å². The summed E-state index contributed by atoms with van der Waals surface area (Å²) in [7, 11) is 0. The summed E-state index contributed by atoms with van der Waals surface area (Å²) < 4.78 is 0. The van der Waals surface area contributed by atoms with Crippen LogP contribution in [0.25, 0.3) is 11.5 Å². The Morgan fingerprint density at radius 1 is 1.16 bits per heavy atom. The Bertz CT molecular complexity index is 949. The van der Waals surface area contributed by atoms with Crippen LogP contribution < -0.4 is 5.32 Å². The zero-order valence-electron chi connectivity index (χ0n) is 13.0. The molecular formula is C16H11ClN6O2. The molecule has 9 heteroatoms. The molecule has 0 fully saturated rings. The first-order valence-electron chi connectivity index (χ1n) is 7.15. The number of hydrogen-bond acceptors (Lipinski definition) is 7. The molecule has 0 radical (unpaired) electrons. The van der Waals surface area contributed by atoms with Gasteiger partial charge in [0.25, 0.3) is 5.91 Å². The third kappa shape index (κ3) is 3.81. The minimum atomic E-state index is -0.514. The maximum atomic E-state index is 12.4. The van der Waals surface area contributed by atoms with E-state index in [9.17, 15) is 9.70 Å². The van der Waals surface area contributed by atoms with Crippen molar-refractivity contribution in [2.75, 3.05) is 5.32 Å². The molecule has 1 aromatic carbocycles. The second-order valence-electron chi connectivity index (χ2n) is 4.95. The maximum Gasteiger partial charge on any atom is 0.259 e. The molecule has 0 unspecified atom stereocenters. The van der Waals surface area contributed by atoms with Gasteiger partial charge < -0.3 is 0 Å². The van der Waals surface area contributed by atoms with Crippen molar-refractivity contribution in [3.63, 3.8) is 0 Å². The van der Waals surface area contributed by atoms with Crippen molar-refractivity contribution in [2.24, 2.45) is 5.18 Å². The van der Waals surface area contributed by atoms with Crippen LogP contribution in [0.4, 0.5) is 11.6 Å². The van der Waals surface area contributed by atoms with E-state index in [-0.39, 0.29) is 22.2 Å². The highest BCUT2D eigenvalue weighted by atomic mass is 35.5. The molecular weight excluding hydrogens is 344 g/mol. The fourth-order valence-electron chi connectivity index (χ4n) is 2.06. The molecule has 3 aromatic rings. The molecule has 0 saturated carbocycles. The molecule has 124 valence electrons. The van der Waals surface area contributed by atoms with E-state index < -0.39 is 5.91 Å². The van der Waals surface area contributed by atoms with Gasteiger partial charge in [0.1, 0.15) is 17.2 Å². The molecule has 1 amide bonds. The number of benzene rings is 1. The molecule has 0 atom stereocenters. The number of carbonyl (C=O) groups excluding carboxylic acids is 1. The zero-order chi connectivity index (χ0) is 17.8. The lowest BCUT2D eigenvalue weighted by Crippen LogP contribution is -2.16. The number of aryl methyl sites for hydroxylation is 1. The van der Waals surface area contributed by atoms with Crippen molar-refractivity contribution in [3.8, 4) is 11.5 Å². The van der Waals surface area contributed by atoms with Gasteiger partial charge in [-0.2, -0.15) is 9.97 Å². The van der Waals surface area contributed by atoms with Crippen LogP contribution >= 0.6 is 11.6 Å². The first kappa shape index (κ1) is 16.6. The van der Waals surface area contributed by atoms with Crippen LogP contribution in [0, 0.1) is 11.8 Å². The van der Waals surface area contributed by atoms with Gasteiger partial charge in [-0.25, -0.2) is 4.98 Å². The van der Waals surface area contributed by atoms with Crippen molar-refractivity contribution in [1.82, 2.24) is 19.9 Å². The molecule has 2 heterocycles. The molecule has 0 saturated heterocycles. The standard InChI is InChI=1S/C16H11ClN6O2/c1-9-19-14(13-4-2-3-7-18-13)21-16(20-9)22-15(24)11-6-5-10(23-25)8-12(11)17/h2-8H,1H3,(H,19,20,21,22,24). The number of nitrogens with one attached hydrogen (secondary N) is 1. The van der Waals surface area contributed by atoms with Crippen LogP contribution in [0.3, 0.4) is 0 Å². The molecule has 8 nitrogen and oxygen atoms in total. The lowest BCUT2D eigenvalue weighted by atomic mass is 10.2. The highest BCUT2D eigenvalue weighted by molar-refractivity contribution is 6.34. The van der Waals surface area contributed by atoms with E-state index in [1.807, 2.05) is 6.07 Å². The highest BCUT2D eigenvalue weighted by Crippen LogP contribution is 2.23. The third-order valence-electron chi connectivity index (χ3n) is 3.17. The van der Waals surface area contributed by atoms with Crippen LogP contribution in [0.2, 0.25) is 5.02 Å². The Balaban J connectivity index is 1.89. The predicted octanol–water partition coefficient (Wildman–Crippen LogP) is 3.55. The Morgan fingerprint density at radius 2 is 2.00 bits per heavy atom. The minimum absolute atomic E-state index is 0.0757. The molecule has 3 rings (SSSR count). The smallest absolute Gasteiger partial charge is 0.259 e. The quantitative estimate of drug-likeness (QED) is 0.717. The largest absolute Gasteiger partial charge is 0.290 e. The molecule has 1 N–H and O–H groups in total. The SMILES string of the molecule is Cc1nc(NC(=O)c2ccc(N=O)cc2Cl)nc(-c2ccccn2)n1. The summed E-state index contributed by atoms with van der Waals surface area (Å²) in [5, 5.41) is 5.43. The van der Waals surface area contributed by atoms with Crippen LogP contribution in [0.1, 0.15) is 16.2 Å². The minimum Gasteiger partial charge on any atom is -0.290 e. The van der Waals surface area contributed by atoms with E-state index >= 15 is 0 Å². The summed E-state index contributed by atoms with van der Waals surface area (Å²) in [4.78, 5) is 39.6. The topological polar surface area (TPSA) is 110 Å². The number of carbonyl (C=O) groups is 1. The molecule has 25 heavy (non-hydrogen) atoms. The van der Waals surface area contributed by atoms with E-state index in [0.717, 1.165) is 0 Å². The number of pyridine rings is 1. The van der Waals surface area contributed by atoms with Crippen molar-refractivity contribution in [3.05, 3.63) is 63.9 Å². The van der Waals surface area contributed by atoms with E-state index in [0.29, 0.717) is 17.3 Å². The lowest BCUT2D eigenvalue weighted by Gasteiger charge is -2.07. The fraction of sp³-hybridized carbons (Fsp3) is 0.0625. The number of hydrogen-bond donors (Lipinski definition) is 1. The van der Waals surface area contributed by atoms with Crippen molar-refractivity contribution in [1.29, 1.82) is 0 Å². The highest BCUT2D eigenvalue weighted by Gasteiger charge is 2.14. The van der Waals surface area contributed by atoms with Crippen molar-refractivity contribution >= 4 is 29.1 Å². The summed E-state index contributed by atoms with van der Waals surface area (Å²) in [5.74, 6) is 0.333. The lowest BCUT2D eigenvalue weighted by molar-refractivity contribution is 0.102. The molecule has 0 aliphatic heterocycles. The Labute approximate surface area is 147 Å². The van der Waals surface area contributed by atoms with Gasteiger partial charge in [-0.05, 0) is 42.4 Å². The van der Waals surface area contributed by atoms with Gasteiger partial charge in [0, 0.05) is 6.20 Å². The predicted molar refractivity (Wildman–Crippen MR) is 92.7 cm³/mol. The molecule has 0 spiro atoms. The third-order valence-corrected chi connectivity index (χ3v) is 3.48.